The average Bonchev–Trinajstić information content (AvgIpc) is 3.33. The van der Waals surface area contributed by atoms with Gasteiger partial charge < -0.3 is 15.3 Å². The van der Waals surface area contributed by atoms with Crippen molar-refractivity contribution in [2.45, 2.75) is 12.5 Å². The van der Waals surface area contributed by atoms with Crippen LogP contribution in [-0.4, -0.2) is 86.1 Å². The summed E-state index contributed by atoms with van der Waals surface area (Å²) in [6, 6.07) is 16.2. The zero-order valence-corrected chi connectivity index (χ0v) is 20.0. The van der Waals surface area contributed by atoms with Crippen LogP contribution in [0.2, 0.25) is 0 Å². The van der Waals surface area contributed by atoms with E-state index in [1.54, 1.807) is 7.11 Å². The summed E-state index contributed by atoms with van der Waals surface area (Å²) in [7, 11) is 1.67. The van der Waals surface area contributed by atoms with Crippen LogP contribution in [0.1, 0.15) is 16.7 Å². The van der Waals surface area contributed by atoms with Crippen molar-refractivity contribution < 1.29 is 19.5 Å². The molecular formula is C26H33N5O4. The molecule has 4 rings (SSSR count). The first-order chi connectivity index (χ1) is 17.1. The first-order valence-corrected chi connectivity index (χ1v) is 11.9. The van der Waals surface area contributed by atoms with E-state index in [1.165, 1.54) is 5.56 Å². The molecule has 0 amide bonds. The van der Waals surface area contributed by atoms with Crippen molar-refractivity contribution in [1.29, 1.82) is 0 Å². The molecule has 35 heavy (non-hydrogen) atoms. The van der Waals surface area contributed by atoms with Crippen molar-refractivity contribution in [3.63, 3.8) is 0 Å². The Bertz CT molecular complexity index is 1030. The summed E-state index contributed by atoms with van der Waals surface area (Å²) in [4.78, 5) is 21.1. The molecule has 9 heteroatoms. The van der Waals surface area contributed by atoms with Gasteiger partial charge in [0.05, 0.1) is 19.9 Å². The summed E-state index contributed by atoms with van der Waals surface area (Å²) in [6.07, 6.45) is 4.52. The van der Waals surface area contributed by atoms with Crippen molar-refractivity contribution in [2.75, 3.05) is 52.9 Å². The summed E-state index contributed by atoms with van der Waals surface area (Å²) in [5, 5.41) is 13.4. The molecule has 1 fully saturated rings. The van der Waals surface area contributed by atoms with Crippen LogP contribution in [0.25, 0.3) is 5.57 Å². The van der Waals surface area contributed by atoms with E-state index in [-0.39, 0.29) is 12.6 Å². The lowest BCUT2D eigenvalue weighted by atomic mass is 9.96. The molecule has 0 bridgehead atoms. The van der Waals surface area contributed by atoms with Gasteiger partial charge in [0.25, 0.3) is 0 Å². The maximum Gasteiger partial charge on any atom is 0.317 e. The molecule has 1 atom stereocenters. The second-order valence-corrected chi connectivity index (χ2v) is 8.65. The van der Waals surface area contributed by atoms with Gasteiger partial charge in [0.2, 0.25) is 0 Å². The number of carbonyl (C=O) groups is 1. The second kappa shape index (κ2) is 12.3. The number of rotatable bonds is 11. The number of nitrogens with zero attached hydrogens (tertiary/aromatic N) is 3. The van der Waals surface area contributed by atoms with Crippen LogP contribution in [0, 0.1) is 0 Å². The SMILES string of the molecule is COc1ccc(CCNN=Cc2ccccc2C2=CNOC2CN2CCN(CC(=O)O)CC2)cc1. The van der Waals surface area contributed by atoms with E-state index < -0.39 is 5.97 Å². The molecule has 9 nitrogen and oxygen atoms in total. The molecule has 0 saturated carbocycles. The molecule has 0 spiro atoms. The fraction of sp³-hybridized carbons (Fsp3) is 0.385. The Hall–Kier alpha value is -3.40. The van der Waals surface area contributed by atoms with E-state index in [0.29, 0.717) is 0 Å². The molecule has 0 aliphatic carbocycles. The number of hydrazone groups is 1. The van der Waals surface area contributed by atoms with E-state index in [4.69, 9.17) is 14.7 Å². The Balaban J connectivity index is 1.30. The third-order valence-electron chi connectivity index (χ3n) is 6.27. The highest BCUT2D eigenvalue weighted by atomic mass is 16.7. The zero-order valence-electron chi connectivity index (χ0n) is 20.0. The highest BCUT2D eigenvalue weighted by Gasteiger charge is 2.28. The third kappa shape index (κ3) is 7.05. The van der Waals surface area contributed by atoms with Gasteiger partial charge in [-0.25, -0.2) is 0 Å². The van der Waals surface area contributed by atoms with Gasteiger partial charge in [-0.2, -0.15) is 5.10 Å². The molecule has 0 aromatic heterocycles. The molecule has 2 heterocycles. The Morgan fingerprint density at radius 3 is 2.66 bits per heavy atom. The van der Waals surface area contributed by atoms with Crippen LogP contribution in [0.15, 0.2) is 59.8 Å². The van der Waals surface area contributed by atoms with E-state index in [0.717, 1.165) is 68.1 Å². The van der Waals surface area contributed by atoms with Gasteiger partial charge >= 0.3 is 5.97 Å². The standard InChI is InChI=1S/C26H33N5O4/c1-34-22-8-6-20(7-9-22)10-11-27-28-16-21-4-2-3-5-23(21)24-17-29-35-25(24)18-30-12-14-31(15-13-30)19-26(32)33/h2-9,16-17,25,27,29H,10-15,18-19H2,1H3,(H,32,33). The maximum absolute atomic E-state index is 10.9. The lowest BCUT2D eigenvalue weighted by Gasteiger charge is -2.35. The predicted molar refractivity (Wildman–Crippen MR) is 135 cm³/mol. The van der Waals surface area contributed by atoms with Crippen LogP contribution in [0.3, 0.4) is 0 Å². The van der Waals surface area contributed by atoms with Crippen LogP contribution in [-0.2, 0) is 16.1 Å². The fourth-order valence-corrected chi connectivity index (χ4v) is 4.32. The number of ether oxygens (including phenoxy) is 1. The predicted octanol–water partition coefficient (Wildman–Crippen LogP) is 1.81. The summed E-state index contributed by atoms with van der Waals surface area (Å²) in [5.74, 6) is 0.0789. The summed E-state index contributed by atoms with van der Waals surface area (Å²) >= 11 is 0. The largest absolute Gasteiger partial charge is 0.497 e. The number of hydrogen-bond acceptors (Lipinski definition) is 8. The molecule has 3 N–H and O–H groups in total. The molecule has 1 saturated heterocycles. The normalized spacial score (nSPS) is 18.9. The van der Waals surface area contributed by atoms with E-state index >= 15 is 0 Å². The highest BCUT2D eigenvalue weighted by Crippen LogP contribution is 2.27. The first kappa shape index (κ1) is 24.7. The van der Waals surface area contributed by atoms with Gasteiger partial charge in [-0.05, 0) is 29.7 Å². The number of benzene rings is 2. The number of hydrogen-bond donors (Lipinski definition) is 3. The van der Waals surface area contributed by atoms with Crippen molar-refractivity contribution in [1.82, 2.24) is 20.7 Å². The first-order valence-electron chi connectivity index (χ1n) is 11.9. The molecular weight excluding hydrogens is 446 g/mol. The van der Waals surface area contributed by atoms with E-state index in [2.05, 4.69) is 39.1 Å². The summed E-state index contributed by atoms with van der Waals surface area (Å²) in [6.45, 7) is 4.71. The van der Waals surface area contributed by atoms with Gasteiger partial charge in [-0.1, -0.05) is 36.4 Å². The Morgan fingerprint density at radius 1 is 1.17 bits per heavy atom. The number of carboxylic acid groups (broad SMARTS) is 1. The van der Waals surface area contributed by atoms with Crippen molar-refractivity contribution in [3.05, 3.63) is 71.4 Å². The molecule has 2 aliphatic rings. The lowest BCUT2D eigenvalue weighted by molar-refractivity contribution is -0.138. The minimum atomic E-state index is -0.777. The minimum absolute atomic E-state index is 0.0985. The molecule has 186 valence electrons. The molecule has 0 radical (unpaired) electrons. The topological polar surface area (TPSA) is 98.7 Å². The number of carboxylic acids is 1. The second-order valence-electron chi connectivity index (χ2n) is 8.65. The van der Waals surface area contributed by atoms with Gasteiger partial charge in [-0.3, -0.25) is 24.9 Å². The van der Waals surface area contributed by atoms with Crippen LogP contribution < -0.4 is 15.6 Å². The Kier molecular flexibility index (Phi) is 8.72. The van der Waals surface area contributed by atoms with Gasteiger partial charge in [0.1, 0.15) is 11.9 Å². The number of nitrogens with one attached hydrogen (secondary N) is 2. The fourth-order valence-electron chi connectivity index (χ4n) is 4.32. The molecule has 1 unspecified atom stereocenters. The Morgan fingerprint density at radius 2 is 1.91 bits per heavy atom. The molecule has 2 aliphatic heterocycles. The smallest absolute Gasteiger partial charge is 0.317 e. The van der Waals surface area contributed by atoms with Crippen LogP contribution >= 0.6 is 0 Å². The lowest BCUT2D eigenvalue weighted by Crippen LogP contribution is -2.50. The Labute approximate surface area is 206 Å². The summed E-state index contributed by atoms with van der Waals surface area (Å²) < 4.78 is 5.20. The maximum atomic E-state index is 10.9. The molecule has 2 aromatic rings. The van der Waals surface area contributed by atoms with Gasteiger partial charge in [0.15, 0.2) is 0 Å². The van der Waals surface area contributed by atoms with Crippen LogP contribution in [0.4, 0.5) is 0 Å². The van der Waals surface area contributed by atoms with Crippen LogP contribution in [0.5, 0.6) is 5.75 Å². The highest BCUT2D eigenvalue weighted by molar-refractivity contribution is 5.89. The van der Waals surface area contributed by atoms with Crippen molar-refractivity contribution in [2.24, 2.45) is 5.10 Å². The average molecular weight is 480 g/mol. The van der Waals surface area contributed by atoms with Gasteiger partial charge in [0, 0.05) is 56.6 Å². The minimum Gasteiger partial charge on any atom is -0.497 e. The number of methoxy groups -OCH3 is 1. The third-order valence-corrected chi connectivity index (χ3v) is 6.27. The monoisotopic (exact) mass is 479 g/mol. The van der Waals surface area contributed by atoms with Crippen molar-refractivity contribution >= 4 is 17.8 Å². The van der Waals surface area contributed by atoms with Gasteiger partial charge in [-0.15, -0.1) is 0 Å². The van der Waals surface area contributed by atoms with E-state index in [9.17, 15) is 4.79 Å². The van der Waals surface area contributed by atoms with E-state index in [1.807, 2.05) is 47.6 Å². The van der Waals surface area contributed by atoms with Crippen molar-refractivity contribution in [3.8, 4) is 5.75 Å². The zero-order chi connectivity index (χ0) is 24.5. The number of piperazine rings is 1. The molecule has 2 aromatic carbocycles. The summed E-state index contributed by atoms with van der Waals surface area (Å²) in [5.41, 5.74) is 10.5. The number of hydroxylamine groups is 1. The number of aliphatic carboxylic acids is 1. The quantitative estimate of drug-likeness (QED) is 0.255.